The summed E-state index contributed by atoms with van der Waals surface area (Å²) in [5.41, 5.74) is 7.75. The summed E-state index contributed by atoms with van der Waals surface area (Å²) in [7, 11) is 0. The van der Waals surface area contributed by atoms with Crippen LogP contribution in [0.4, 0.5) is 5.82 Å². The minimum atomic E-state index is 0.0766. The monoisotopic (exact) mass is 206 g/mol. The van der Waals surface area contributed by atoms with Gasteiger partial charge in [-0.15, -0.1) is 0 Å². The Labute approximate surface area is 90.3 Å². The number of nitrogens with zero attached hydrogens (tertiary/aromatic N) is 2. The Morgan fingerprint density at radius 3 is 2.73 bits per heavy atom. The highest BCUT2D eigenvalue weighted by Crippen LogP contribution is 2.34. The van der Waals surface area contributed by atoms with Crippen LogP contribution in [-0.4, -0.2) is 22.1 Å². The van der Waals surface area contributed by atoms with Gasteiger partial charge in [-0.25, -0.2) is 4.98 Å². The molecule has 0 saturated heterocycles. The lowest BCUT2D eigenvalue weighted by Crippen LogP contribution is -2.51. The van der Waals surface area contributed by atoms with Crippen LogP contribution < -0.4 is 11.1 Å². The number of rotatable bonds is 3. The quantitative estimate of drug-likeness (QED) is 0.784. The van der Waals surface area contributed by atoms with Crippen molar-refractivity contribution in [2.45, 2.75) is 38.6 Å². The summed E-state index contributed by atoms with van der Waals surface area (Å²) < 4.78 is 0. The van der Waals surface area contributed by atoms with Gasteiger partial charge in [0.25, 0.3) is 0 Å². The SMILES string of the molecule is Cc1cnc(C)c(NC2(CN)CCC2)n1. The smallest absolute Gasteiger partial charge is 0.148 e. The van der Waals surface area contributed by atoms with Crippen molar-refractivity contribution < 1.29 is 0 Å². The Hall–Kier alpha value is -1.16. The molecule has 0 atom stereocenters. The molecule has 3 N–H and O–H groups in total. The molecule has 4 heteroatoms. The highest BCUT2D eigenvalue weighted by Gasteiger charge is 2.36. The highest BCUT2D eigenvalue weighted by molar-refractivity contribution is 5.43. The van der Waals surface area contributed by atoms with E-state index in [1.165, 1.54) is 6.42 Å². The Morgan fingerprint density at radius 1 is 1.47 bits per heavy atom. The van der Waals surface area contributed by atoms with Gasteiger partial charge in [-0.1, -0.05) is 0 Å². The van der Waals surface area contributed by atoms with Crippen LogP contribution >= 0.6 is 0 Å². The van der Waals surface area contributed by atoms with Crippen LogP contribution in [0.2, 0.25) is 0 Å². The number of nitrogens with one attached hydrogen (secondary N) is 1. The molecule has 1 aliphatic rings. The minimum absolute atomic E-state index is 0.0766. The summed E-state index contributed by atoms with van der Waals surface area (Å²) in [5, 5.41) is 3.45. The Balaban J connectivity index is 2.19. The van der Waals surface area contributed by atoms with Gasteiger partial charge in [0.05, 0.1) is 16.9 Å². The van der Waals surface area contributed by atoms with Crippen LogP contribution in [0.15, 0.2) is 6.20 Å². The fourth-order valence-electron chi connectivity index (χ4n) is 1.89. The summed E-state index contributed by atoms with van der Waals surface area (Å²) in [6.45, 7) is 4.59. The largest absolute Gasteiger partial charge is 0.362 e. The van der Waals surface area contributed by atoms with Crippen molar-refractivity contribution in [1.29, 1.82) is 0 Å². The van der Waals surface area contributed by atoms with Crippen LogP contribution in [0.25, 0.3) is 0 Å². The second-order valence-electron chi connectivity index (χ2n) is 4.41. The standard InChI is InChI=1S/C11H18N4/c1-8-6-13-9(2)10(14-8)15-11(7-12)4-3-5-11/h6H,3-5,7,12H2,1-2H3,(H,14,15). The maximum atomic E-state index is 5.79. The molecule has 1 fully saturated rings. The van der Waals surface area contributed by atoms with Crippen molar-refractivity contribution in [3.05, 3.63) is 17.6 Å². The van der Waals surface area contributed by atoms with Crippen LogP contribution in [-0.2, 0) is 0 Å². The third kappa shape index (κ3) is 1.95. The summed E-state index contributed by atoms with van der Waals surface area (Å²) in [4.78, 5) is 8.75. The van der Waals surface area contributed by atoms with Gasteiger partial charge >= 0.3 is 0 Å². The van der Waals surface area contributed by atoms with Crippen molar-refractivity contribution in [2.75, 3.05) is 11.9 Å². The molecule has 1 aromatic rings. The van der Waals surface area contributed by atoms with Gasteiger partial charge in [-0.05, 0) is 33.1 Å². The number of anilines is 1. The normalized spacial score (nSPS) is 18.3. The fourth-order valence-corrected chi connectivity index (χ4v) is 1.89. The molecule has 2 rings (SSSR count). The molecule has 1 heterocycles. The van der Waals surface area contributed by atoms with Crippen LogP contribution in [0, 0.1) is 13.8 Å². The van der Waals surface area contributed by atoms with E-state index in [0.29, 0.717) is 6.54 Å². The van der Waals surface area contributed by atoms with E-state index in [9.17, 15) is 0 Å². The number of nitrogens with two attached hydrogens (primary N) is 1. The highest BCUT2D eigenvalue weighted by atomic mass is 15.1. The third-order valence-electron chi connectivity index (χ3n) is 3.16. The van der Waals surface area contributed by atoms with E-state index in [2.05, 4.69) is 15.3 Å². The lowest BCUT2D eigenvalue weighted by Gasteiger charge is -2.42. The van der Waals surface area contributed by atoms with Gasteiger partial charge in [0.15, 0.2) is 0 Å². The first kappa shape index (κ1) is 10.4. The zero-order valence-electron chi connectivity index (χ0n) is 9.38. The van der Waals surface area contributed by atoms with E-state index in [1.807, 2.05) is 13.8 Å². The van der Waals surface area contributed by atoms with Gasteiger partial charge in [-0.2, -0.15) is 0 Å². The molecule has 0 aliphatic heterocycles. The van der Waals surface area contributed by atoms with E-state index in [4.69, 9.17) is 5.73 Å². The van der Waals surface area contributed by atoms with Gasteiger partial charge < -0.3 is 11.1 Å². The van der Waals surface area contributed by atoms with Gasteiger partial charge in [0.2, 0.25) is 0 Å². The summed E-state index contributed by atoms with van der Waals surface area (Å²) in [6, 6.07) is 0. The number of aryl methyl sites for hydroxylation is 2. The lowest BCUT2D eigenvalue weighted by molar-refractivity contribution is 0.286. The number of aromatic nitrogens is 2. The zero-order valence-corrected chi connectivity index (χ0v) is 9.38. The number of hydrogen-bond donors (Lipinski definition) is 2. The van der Waals surface area contributed by atoms with Crippen molar-refractivity contribution in [2.24, 2.45) is 5.73 Å². The molecule has 1 saturated carbocycles. The van der Waals surface area contributed by atoms with E-state index >= 15 is 0 Å². The summed E-state index contributed by atoms with van der Waals surface area (Å²) >= 11 is 0. The fraction of sp³-hybridized carbons (Fsp3) is 0.636. The second-order valence-corrected chi connectivity index (χ2v) is 4.41. The summed E-state index contributed by atoms with van der Waals surface area (Å²) in [6.07, 6.45) is 5.32. The molecule has 0 unspecified atom stereocenters. The molecule has 0 aromatic carbocycles. The molecule has 1 aliphatic carbocycles. The predicted octanol–water partition coefficient (Wildman–Crippen LogP) is 1.39. The van der Waals surface area contributed by atoms with Crippen LogP contribution in [0.1, 0.15) is 30.7 Å². The van der Waals surface area contributed by atoms with E-state index in [0.717, 1.165) is 30.0 Å². The third-order valence-corrected chi connectivity index (χ3v) is 3.16. The van der Waals surface area contributed by atoms with Crippen LogP contribution in [0.5, 0.6) is 0 Å². The average Bonchev–Trinajstić information content (AvgIpc) is 2.17. The van der Waals surface area contributed by atoms with Crippen molar-refractivity contribution in [3.8, 4) is 0 Å². The first-order valence-electron chi connectivity index (χ1n) is 5.44. The molecule has 15 heavy (non-hydrogen) atoms. The molecule has 0 bridgehead atoms. The Kier molecular flexibility index (Phi) is 2.61. The maximum absolute atomic E-state index is 5.79. The Bertz CT molecular complexity index is 352. The van der Waals surface area contributed by atoms with Crippen molar-refractivity contribution in [1.82, 2.24) is 9.97 Å². The maximum Gasteiger partial charge on any atom is 0.148 e. The van der Waals surface area contributed by atoms with Crippen molar-refractivity contribution >= 4 is 5.82 Å². The number of hydrogen-bond acceptors (Lipinski definition) is 4. The molecule has 1 aromatic heterocycles. The molecule has 0 amide bonds. The molecule has 0 radical (unpaired) electrons. The molecule has 82 valence electrons. The van der Waals surface area contributed by atoms with Gasteiger partial charge in [-0.3, -0.25) is 4.98 Å². The second kappa shape index (κ2) is 3.77. The van der Waals surface area contributed by atoms with E-state index < -0.39 is 0 Å². The van der Waals surface area contributed by atoms with E-state index in [-0.39, 0.29) is 5.54 Å². The zero-order chi connectivity index (χ0) is 10.9. The Morgan fingerprint density at radius 2 is 2.20 bits per heavy atom. The van der Waals surface area contributed by atoms with Gasteiger partial charge in [0, 0.05) is 12.7 Å². The first-order chi connectivity index (χ1) is 7.15. The molecular weight excluding hydrogens is 188 g/mol. The molecule has 0 spiro atoms. The lowest BCUT2D eigenvalue weighted by atomic mass is 9.77. The average molecular weight is 206 g/mol. The van der Waals surface area contributed by atoms with E-state index in [1.54, 1.807) is 6.20 Å². The molecular formula is C11H18N4. The topological polar surface area (TPSA) is 63.8 Å². The minimum Gasteiger partial charge on any atom is -0.362 e. The van der Waals surface area contributed by atoms with Crippen molar-refractivity contribution in [3.63, 3.8) is 0 Å². The van der Waals surface area contributed by atoms with Crippen LogP contribution in [0.3, 0.4) is 0 Å². The molecule has 4 nitrogen and oxygen atoms in total. The first-order valence-corrected chi connectivity index (χ1v) is 5.44. The predicted molar refractivity (Wildman–Crippen MR) is 60.8 cm³/mol. The summed E-state index contributed by atoms with van der Waals surface area (Å²) in [5.74, 6) is 0.889. The van der Waals surface area contributed by atoms with Gasteiger partial charge in [0.1, 0.15) is 5.82 Å².